The van der Waals surface area contributed by atoms with Crippen molar-refractivity contribution in [3.05, 3.63) is 121 Å². The van der Waals surface area contributed by atoms with Crippen LogP contribution in [0, 0.1) is 26.0 Å². The van der Waals surface area contributed by atoms with E-state index in [2.05, 4.69) is 37.9 Å². The van der Waals surface area contributed by atoms with Crippen LogP contribution in [0.4, 0.5) is 44.2 Å². The van der Waals surface area contributed by atoms with E-state index < -0.39 is 45.2 Å². The van der Waals surface area contributed by atoms with Crippen molar-refractivity contribution in [2.45, 2.75) is 78.2 Å². The molecule has 3 fully saturated rings. The first-order valence-electron chi connectivity index (χ1n) is 22.7. The quantitative estimate of drug-likeness (QED) is 0.0512. The fraction of sp³-hybridized carbons (Fsp3) is 0.429. The van der Waals surface area contributed by atoms with E-state index in [1.54, 1.807) is 30.3 Å². The van der Waals surface area contributed by atoms with E-state index in [-0.39, 0.29) is 59.0 Å². The zero-order chi connectivity index (χ0) is 53.6. The number of nitrogens with zero attached hydrogens (tertiary/aromatic N) is 5. The van der Waals surface area contributed by atoms with Crippen molar-refractivity contribution in [3.63, 3.8) is 0 Å². The maximum atomic E-state index is 12.6. The van der Waals surface area contributed by atoms with Gasteiger partial charge in [-0.15, -0.1) is 0 Å². The molecule has 3 saturated heterocycles. The number of nitrogen functional groups attached to an aromatic ring is 2. The van der Waals surface area contributed by atoms with Gasteiger partial charge in [0.1, 0.15) is 16.9 Å². The Bertz CT molecular complexity index is 2560. The maximum Gasteiger partial charge on any atom is 0.344 e. The number of methoxy groups -OCH3 is 3. The lowest BCUT2D eigenvalue weighted by Crippen LogP contribution is -2.45. The van der Waals surface area contributed by atoms with E-state index in [0.717, 1.165) is 56.8 Å². The fourth-order valence-corrected chi connectivity index (χ4v) is 8.24. The average Bonchev–Trinajstić information content (AvgIpc) is 3.32. The highest BCUT2D eigenvalue weighted by atomic mass is 19.1. The number of halogens is 1. The standard InChI is InChI=1S/C14H18N2O5.C14H20N2O3.C13H18N2O3.C8H6FNO4/c1-9-7-15(8-10(2)21-9)11-4-5-12(14(17)20-3)13(6-11)16(18)19;1-9-7-16(8-10(2)19-9)11-4-5-12(13(15)6-11)14(17)18-3;1-8-6-15(7-9(2)18-8)10-3-4-11(13(16)17)12(14)5-10;1-14-8(11)6-3-2-5(9)4-7(6)10(12)13/h4-6,9-10H,7-8H2,1-3H3;4-6,9-10H,7-8,15H2,1-3H3;3-5,8-9H,6-7,14H2,1-2H3,(H,16,17);2-4H,1H3/t2*9-,10+;8-,9+;. The number of rotatable bonds is 9. The van der Waals surface area contributed by atoms with Crippen molar-refractivity contribution in [2.24, 2.45) is 0 Å². The molecule has 0 spiro atoms. The molecule has 4 aromatic carbocycles. The predicted molar refractivity (Wildman–Crippen MR) is 266 cm³/mol. The largest absolute Gasteiger partial charge is 0.478 e. The van der Waals surface area contributed by atoms with Crippen molar-refractivity contribution in [1.29, 1.82) is 0 Å². The molecule has 7 rings (SSSR count). The summed E-state index contributed by atoms with van der Waals surface area (Å²) in [4.78, 5) is 71.5. The number of ether oxygens (including phenoxy) is 6. The van der Waals surface area contributed by atoms with E-state index in [4.69, 9.17) is 30.8 Å². The summed E-state index contributed by atoms with van der Waals surface area (Å²) < 4.78 is 43.2. The predicted octanol–water partition coefficient (Wildman–Crippen LogP) is 6.77. The summed E-state index contributed by atoms with van der Waals surface area (Å²) in [6, 6.07) is 17.7. The Labute approximate surface area is 415 Å². The summed E-state index contributed by atoms with van der Waals surface area (Å²) in [5.41, 5.74) is 14.5. The number of carboxylic acid groups (broad SMARTS) is 1. The molecular weight excluding hydrogens is 946 g/mol. The molecule has 4 aromatic rings. The van der Waals surface area contributed by atoms with Crippen molar-refractivity contribution in [1.82, 2.24) is 0 Å². The molecule has 72 heavy (non-hydrogen) atoms. The Balaban J connectivity index is 0.000000210. The van der Waals surface area contributed by atoms with Gasteiger partial charge >= 0.3 is 23.9 Å². The van der Waals surface area contributed by atoms with Crippen LogP contribution in [0.15, 0.2) is 72.8 Å². The Kier molecular flexibility index (Phi) is 20.6. The van der Waals surface area contributed by atoms with Crippen LogP contribution >= 0.6 is 0 Å². The molecular formula is C49H62FN7O15. The Morgan fingerprint density at radius 3 is 1.14 bits per heavy atom. The minimum Gasteiger partial charge on any atom is -0.478 e. The van der Waals surface area contributed by atoms with Crippen LogP contribution in [0.25, 0.3) is 0 Å². The number of carbonyl (C=O) groups is 4. The minimum atomic E-state index is -0.997. The number of nitro benzene ring substituents is 2. The Morgan fingerprint density at radius 1 is 0.528 bits per heavy atom. The van der Waals surface area contributed by atoms with E-state index in [1.807, 2.05) is 44.7 Å². The molecule has 0 amide bonds. The summed E-state index contributed by atoms with van der Waals surface area (Å²) in [5.74, 6) is -3.76. The van der Waals surface area contributed by atoms with E-state index in [0.29, 0.717) is 41.8 Å². The summed E-state index contributed by atoms with van der Waals surface area (Å²) in [7, 11) is 3.64. The van der Waals surface area contributed by atoms with Crippen LogP contribution in [-0.4, -0.2) is 136 Å². The normalized spacial score (nSPS) is 20.4. The summed E-state index contributed by atoms with van der Waals surface area (Å²) in [5, 5.41) is 30.5. The number of hydrogen-bond donors (Lipinski definition) is 3. The third kappa shape index (κ3) is 15.7. The first-order chi connectivity index (χ1) is 34.0. The number of carbonyl (C=O) groups excluding carboxylic acids is 3. The van der Waals surface area contributed by atoms with Gasteiger partial charge in [0.25, 0.3) is 11.4 Å². The zero-order valence-corrected chi connectivity index (χ0v) is 41.6. The minimum absolute atomic E-state index is 0.0411. The molecule has 3 aliphatic heterocycles. The number of nitrogens with two attached hydrogens (primary N) is 2. The molecule has 3 heterocycles. The van der Waals surface area contributed by atoms with Crippen LogP contribution < -0.4 is 26.2 Å². The van der Waals surface area contributed by atoms with Crippen molar-refractivity contribution in [3.8, 4) is 0 Å². The van der Waals surface area contributed by atoms with Gasteiger partial charge in [0.15, 0.2) is 0 Å². The lowest BCUT2D eigenvalue weighted by molar-refractivity contribution is -0.385. The van der Waals surface area contributed by atoms with Gasteiger partial charge in [-0.2, -0.15) is 0 Å². The molecule has 23 heteroatoms. The number of nitro groups is 2. The SMILES string of the molecule is COC(=O)c1ccc(F)cc1[N+](=O)[O-].COC(=O)c1ccc(N2C[C@@H](C)O[C@@H](C)C2)cc1N.COC(=O)c1ccc(N2C[C@@H](C)O[C@@H](C)C2)cc1[N+](=O)[O-].C[C@@H]1CN(c2ccc(C(=O)O)c(N)c2)C[C@H](C)O1. The lowest BCUT2D eigenvalue weighted by Gasteiger charge is -2.37. The van der Waals surface area contributed by atoms with E-state index in [9.17, 15) is 43.8 Å². The molecule has 0 aromatic heterocycles. The second-order valence-corrected chi connectivity index (χ2v) is 17.2. The summed E-state index contributed by atoms with van der Waals surface area (Å²) >= 11 is 0. The molecule has 0 bridgehead atoms. The van der Waals surface area contributed by atoms with Gasteiger partial charge in [-0.3, -0.25) is 20.2 Å². The molecule has 3 aliphatic rings. The maximum absolute atomic E-state index is 12.6. The van der Waals surface area contributed by atoms with Crippen LogP contribution in [0.3, 0.4) is 0 Å². The number of anilines is 5. The third-order valence-corrected chi connectivity index (χ3v) is 11.2. The number of morpholine rings is 3. The average molecular weight is 1010 g/mol. The monoisotopic (exact) mass is 1010 g/mol. The van der Waals surface area contributed by atoms with Gasteiger partial charge in [0.05, 0.1) is 85.0 Å². The van der Waals surface area contributed by atoms with Gasteiger partial charge in [-0.25, -0.2) is 23.6 Å². The number of hydrogen-bond acceptors (Lipinski definition) is 19. The highest BCUT2D eigenvalue weighted by molar-refractivity contribution is 5.96. The van der Waals surface area contributed by atoms with Gasteiger partial charge in [0.2, 0.25) is 0 Å². The molecule has 22 nitrogen and oxygen atoms in total. The number of carboxylic acids is 1. The van der Waals surface area contributed by atoms with Gasteiger partial charge in [-0.1, -0.05) is 0 Å². The highest BCUT2D eigenvalue weighted by Crippen LogP contribution is 2.30. The summed E-state index contributed by atoms with van der Waals surface area (Å²) in [6.45, 7) is 16.6. The molecule has 0 unspecified atom stereocenters. The lowest BCUT2D eigenvalue weighted by atomic mass is 10.1. The third-order valence-electron chi connectivity index (χ3n) is 11.2. The van der Waals surface area contributed by atoms with Crippen molar-refractivity contribution >= 4 is 63.7 Å². The number of esters is 3. The van der Waals surface area contributed by atoms with Crippen LogP contribution in [-0.2, 0) is 28.4 Å². The van der Waals surface area contributed by atoms with Crippen molar-refractivity contribution < 1.29 is 66.9 Å². The topological polar surface area (TPSA) is 292 Å². The van der Waals surface area contributed by atoms with Crippen LogP contribution in [0.5, 0.6) is 0 Å². The fourth-order valence-electron chi connectivity index (χ4n) is 8.24. The molecule has 5 N–H and O–H groups in total. The first-order valence-corrected chi connectivity index (χ1v) is 22.7. The Hall–Kier alpha value is -7.63. The van der Waals surface area contributed by atoms with Crippen LogP contribution in [0.1, 0.15) is 83.0 Å². The first kappa shape index (κ1) is 57.0. The molecule has 0 radical (unpaired) electrons. The molecule has 390 valence electrons. The zero-order valence-electron chi connectivity index (χ0n) is 41.6. The molecule has 6 atom stereocenters. The second kappa shape index (κ2) is 26.0. The van der Waals surface area contributed by atoms with E-state index >= 15 is 0 Å². The molecule has 0 aliphatic carbocycles. The molecule has 0 saturated carbocycles. The smallest absolute Gasteiger partial charge is 0.344 e. The van der Waals surface area contributed by atoms with Crippen LogP contribution in [0.2, 0.25) is 0 Å². The van der Waals surface area contributed by atoms with E-state index in [1.165, 1.54) is 26.4 Å². The van der Waals surface area contributed by atoms with Gasteiger partial charge in [-0.05, 0) is 102 Å². The Morgan fingerprint density at radius 2 is 0.819 bits per heavy atom. The second-order valence-electron chi connectivity index (χ2n) is 17.2. The summed E-state index contributed by atoms with van der Waals surface area (Å²) in [6.07, 6.45) is 0.792. The van der Waals surface area contributed by atoms with Crippen molar-refractivity contribution in [2.75, 3.05) is 86.8 Å². The highest BCUT2D eigenvalue weighted by Gasteiger charge is 2.28. The number of aromatic carboxylic acids is 1. The van der Waals surface area contributed by atoms with Gasteiger partial charge in [0, 0.05) is 73.8 Å². The number of benzene rings is 4. The van der Waals surface area contributed by atoms with Gasteiger partial charge < -0.3 is 59.7 Å².